The summed E-state index contributed by atoms with van der Waals surface area (Å²) in [4.78, 5) is -0.158. The Kier molecular flexibility index (Phi) is 3.57. The van der Waals surface area contributed by atoms with Crippen molar-refractivity contribution in [2.45, 2.75) is 11.2 Å². The summed E-state index contributed by atoms with van der Waals surface area (Å²) in [5, 5.41) is 1.01. The molecular weight excluding hydrogens is 326 g/mol. The van der Waals surface area contributed by atoms with Crippen molar-refractivity contribution in [1.29, 1.82) is 0 Å². The predicted octanol–water partition coefficient (Wildman–Crippen LogP) is 5.39. The maximum absolute atomic E-state index is 13.6. The summed E-state index contributed by atoms with van der Waals surface area (Å²) in [6, 6.07) is 13.2. The fraction of sp³-hybridized carbons (Fsp3) is 0.125. The average Bonchev–Trinajstić information content (AvgIpc) is 2.86. The van der Waals surface area contributed by atoms with E-state index in [-0.39, 0.29) is 4.83 Å². The molecule has 0 saturated carbocycles. The molecule has 0 aliphatic rings. The first kappa shape index (κ1) is 13.3. The van der Waals surface area contributed by atoms with Crippen LogP contribution in [0.3, 0.4) is 0 Å². The molecule has 0 saturated heterocycles. The van der Waals surface area contributed by atoms with Crippen LogP contribution in [0.15, 0.2) is 52.9 Å². The van der Waals surface area contributed by atoms with E-state index in [1.165, 1.54) is 12.1 Å². The van der Waals surface area contributed by atoms with E-state index in [2.05, 4.69) is 15.9 Å². The summed E-state index contributed by atoms with van der Waals surface area (Å²) in [7, 11) is 0. The first-order valence-corrected chi connectivity index (χ1v) is 7.11. The van der Waals surface area contributed by atoms with Crippen molar-refractivity contribution >= 4 is 26.9 Å². The van der Waals surface area contributed by atoms with Gasteiger partial charge >= 0.3 is 0 Å². The van der Waals surface area contributed by atoms with Crippen LogP contribution in [0.4, 0.5) is 8.78 Å². The topological polar surface area (TPSA) is 13.1 Å². The molecule has 1 unspecified atom stereocenters. The quantitative estimate of drug-likeness (QED) is 0.584. The van der Waals surface area contributed by atoms with Crippen LogP contribution in [0.1, 0.15) is 16.2 Å². The predicted molar refractivity (Wildman–Crippen MR) is 77.9 cm³/mol. The van der Waals surface area contributed by atoms with Crippen molar-refractivity contribution in [3.63, 3.8) is 0 Å². The standard InChI is InChI=1S/C16H11BrF2O/c17-13(7-10-5-6-12(18)9-14(10)19)16-8-11-3-1-2-4-15(11)20-16/h1-6,8-9,13H,7H2. The van der Waals surface area contributed by atoms with Crippen molar-refractivity contribution in [3.05, 3.63) is 71.5 Å². The van der Waals surface area contributed by atoms with E-state index in [4.69, 9.17) is 4.42 Å². The molecule has 102 valence electrons. The summed E-state index contributed by atoms with van der Waals surface area (Å²) in [6.07, 6.45) is 0.395. The number of benzene rings is 2. The van der Waals surface area contributed by atoms with Crippen LogP contribution in [-0.4, -0.2) is 0 Å². The lowest BCUT2D eigenvalue weighted by Gasteiger charge is -2.07. The van der Waals surface area contributed by atoms with E-state index in [1.807, 2.05) is 30.3 Å². The van der Waals surface area contributed by atoms with Crippen LogP contribution in [0.5, 0.6) is 0 Å². The number of hydrogen-bond donors (Lipinski definition) is 0. The van der Waals surface area contributed by atoms with Gasteiger partial charge in [0.1, 0.15) is 23.0 Å². The number of rotatable bonds is 3. The van der Waals surface area contributed by atoms with Gasteiger partial charge < -0.3 is 4.42 Å². The van der Waals surface area contributed by atoms with Crippen LogP contribution in [0, 0.1) is 11.6 Å². The Labute approximate surface area is 123 Å². The molecule has 0 N–H and O–H groups in total. The van der Waals surface area contributed by atoms with Gasteiger partial charge in [-0.25, -0.2) is 8.78 Å². The molecule has 2 aromatic carbocycles. The smallest absolute Gasteiger partial charge is 0.134 e. The Balaban J connectivity index is 1.86. The molecule has 1 nitrogen and oxygen atoms in total. The van der Waals surface area contributed by atoms with Gasteiger partial charge in [0.15, 0.2) is 0 Å². The van der Waals surface area contributed by atoms with Crippen LogP contribution in [-0.2, 0) is 6.42 Å². The highest BCUT2D eigenvalue weighted by molar-refractivity contribution is 9.09. The summed E-state index contributed by atoms with van der Waals surface area (Å²) < 4.78 is 32.2. The molecule has 0 bridgehead atoms. The first-order valence-electron chi connectivity index (χ1n) is 6.20. The van der Waals surface area contributed by atoms with Crippen molar-refractivity contribution < 1.29 is 13.2 Å². The second-order valence-electron chi connectivity index (χ2n) is 4.59. The first-order chi connectivity index (χ1) is 9.63. The second kappa shape index (κ2) is 5.37. The van der Waals surface area contributed by atoms with Crippen LogP contribution in [0.2, 0.25) is 0 Å². The van der Waals surface area contributed by atoms with E-state index < -0.39 is 11.6 Å². The number of alkyl halides is 1. The number of hydrogen-bond acceptors (Lipinski definition) is 1. The minimum atomic E-state index is -0.568. The molecule has 20 heavy (non-hydrogen) atoms. The molecule has 4 heteroatoms. The zero-order valence-electron chi connectivity index (χ0n) is 10.4. The zero-order valence-corrected chi connectivity index (χ0v) is 12.0. The minimum Gasteiger partial charge on any atom is -0.460 e. The van der Waals surface area contributed by atoms with Crippen molar-refractivity contribution in [1.82, 2.24) is 0 Å². The third kappa shape index (κ3) is 2.61. The summed E-state index contributed by atoms with van der Waals surface area (Å²) in [5.41, 5.74) is 1.25. The number of halogens is 3. The fourth-order valence-corrected chi connectivity index (χ4v) is 2.71. The zero-order chi connectivity index (χ0) is 14.1. The van der Waals surface area contributed by atoms with E-state index in [1.54, 1.807) is 0 Å². The summed E-state index contributed by atoms with van der Waals surface area (Å²) in [5.74, 6) is -0.374. The lowest BCUT2D eigenvalue weighted by molar-refractivity contribution is 0.536. The van der Waals surface area contributed by atoms with E-state index in [0.717, 1.165) is 22.8 Å². The average molecular weight is 337 g/mol. The van der Waals surface area contributed by atoms with Gasteiger partial charge in [-0.05, 0) is 30.2 Å². The maximum Gasteiger partial charge on any atom is 0.134 e. The lowest BCUT2D eigenvalue weighted by atomic mass is 10.1. The van der Waals surface area contributed by atoms with E-state index in [0.29, 0.717) is 12.0 Å². The van der Waals surface area contributed by atoms with Gasteiger partial charge in [-0.1, -0.05) is 40.2 Å². The van der Waals surface area contributed by atoms with E-state index in [9.17, 15) is 8.78 Å². The molecule has 0 spiro atoms. The Morgan fingerprint density at radius 1 is 1.05 bits per heavy atom. The molecule has 1 atom stereocenters. The van der Waals surface area contributed by atoms with Crippen molar-refractivity contribution in [3.8, 4) is 0 Å². The van der Waals surface area contributed by atoms with Gasteiger partial charge in [-0.2, -0.15) is 0 Å². The normalized spacial score (nSPS) is 12.8. The van der Waals surface area contributed by atoms with Gasteiger partial charge in [-0.15, -0.1) is 0 Å². The molecule has 1 aromatic heterocycles. The molecular formula is C16H11BrF2O. The van der Waals surface area contributed by atoms with Gasteiger partial charge in [0, 0.05) is 11.5 Å². The highest BCUT2D eigenvalue weighted by atomic mass is 79.9. The summed E-state index contributed by atoms with van der Waals surface area (Å²) >= 11 is 3.50. The maximum atomic E-state index is 13.6. The van der Waals surface area contributed by atoms with Crippen molar-refractivity contribution in [2.75, 3.05) is 0 Å². The summed E-state index contributed by atoms with van der Waals surface area (Å²) in [6.45, 7) is 0. The van der Waals surface area contributed by atoms with Gasteiger partial charge in [0.25, 0.3) is 0 Å². The molecule has 0 radical (unpaired) electrons. The number of fused-ring (bicyclic) bond motifs is 1. The third-order valence-corrected chi connectivity index (χ3v) is 3.94. The van der Waals surface area contributed by atoms with E-state index >= 15 is 0 Å². The van der Waals surface area contributed by atoms with Gasteiger partial charge in [0.2, 0.25) is 0 Å². The van der Waals surface area contributed by atoms with Crippen LogP contribution in [0.25, 0.3) is 11.0 Å². The van der Waals surface area contributed by atoms with Crippen LogP contribution < -0.4 is 0 Å². The highest BCUT2D eigenvalue weighted by Crippen LogP contribution is 2.32. The monoisotopic (exact) mass is 336 g/mol. The second-order valence-corrected chi connectivity index (χ2v) is 5.70. The molecule has 0 fully saturated rings. The molecule has 3 aromatic rings. The molecule has 1 heterocycles. The Morgan fingerprint density at radius 3 is 2.60 bits per heavy atom. The molecule has 0 aliphatic heterocycles. The molecule has 0 amide bonds. The Morgan fingerprint density at radius 2 is 1.85 bits per heavy atom. The van der Waals surface area contributed by atoms with Gasteiger partial charge in [-0.3, -0.25) is 0 Å². The minimum absolute atomic E-state index is 0.158. The lowest BCUT2D eigenvalue weighted by Crippen LogP contribution is -1.97. The Hall–Kier alpha value is -1.68. The van der Waals surface area contributed by atoms with Gasteiger partial charge in [0.05, 0.1) is 4.83 Å². The number of furan rings is 1. The third-order valence-electron chi connectivity index (χ3n) is 3.17. The molecule has 3 rings (SSSR count). The van der Waals surface area contributed by atoms with Crippen LogP contribution >= 0.6 is 15.9 Å². The number of para-hydroxylation sites is 1. The largest absolute Gasteiger partial charge is 0.460 e. The molecule has 0 aliphatic carbocycles. The van der Waals surface area contributed by atoms with Crippen molar-refractivity contribution in [2.24, 2.45) is 0 Å². The highest BCUT2D eigenvalue weighted by Gasteiger charge is 2.16. The Bertz CT molecular complexity index is 718. The SMILES string of the molecule is Fc1ccc(CC(Br)c2cc3ccccc3o2)c(F)c1. The fourth-order valence-electron chi connectivity index (χ4n) is 2.14.